The van der Waals surface area contributed by atoms with Crippen LogP contribution < -0.4 is 5.32 Å². The number of rotatable bonds is 3. The largest absolute Gasteiger partial charge is 0.478 e. The third-order valence-electron chi connectivity index (χ3n) is 2.60. The van der Waals surface area contributed by atoms with Crippen molar-refractivity contribution in [1.29, 1.82) is 0 Å². The van der Waals surface area contributed by atoms with Crippen molar-refractivity contribution < 1.29 is 14.3 Å². The minimum Gasteiger partial charge on any atom is -0.478 e. The van der Waals surface area contributed by atoms with Gasteiger partial charge in [-0.15, -0.1) is 0 Å². The lowest BCUT2D eigenvalue weighted by atomic mass is 10.1. The molecule has 0 radical (unpaired) electrons. The summed E-state index contributed by atoms with van der Waals surface area (Å²) in [6.45, 7) is 3.85. The predicted molar refractivity (Wildman–Crippen MR) is 70.4 cm³/mol. The molecule has 4 nitrogen and oxygen atoms in total. The minimum absolute atomic E-state index is 0.0927. The highest BCUT2D eigenvalue weighted by Gasteiger charge is 2.15. The Bertz CT molecular complexity index is 621. The first-order valence-corrected chi connectivity index (χ1v) is 5.70. The normalized spacial score (nSPS) is 10.3. The number of benzene rings is 1. The smallest absolute Gasteiger partial charge is 0.338 e. The van der Waals surface area contributed by atoms with Crippen molar-refractivity contribution in [2.24, 2.45) is 0 Å². The number of hydrogen-bond acceptors (Lipinski definition) is 3. The van der Waals surface area contributed by atoms with E-state index in [0.29, 0.717) is 5.69 Å². The van der Waals surface area contributed by atoms with Gasteiger partial charge in [-0.2, -0.15) is 0 Å². The number of halogens is 1. The molecule has 0 aliphatic rings. The Hall–Kier alpha value is -2.43. The van der Waals surface area contributed by atoms with Gasteiger partial charge in [0.05, 0.1) is 0 Å². The fourth-order valence-corrected chi connectivity index (χ4v) is 1.88. The number of aromatic nitrogens is 1. The number of aromatic carboxylic acids is 1. The van der Waals surface area contributed by atoms with E-state index in [1.54, 1.807) is 0 Å². The summed E-state index contributed by atoms with van der Waals surface area (Å²) in [4.78, 5) is 14.7. The third-order valence-corrected chi connectivity index (χ3v) is 2.60. The number of carboxylic acid groups (broad SMARTS) is 1. The number of pyridine rings is 1. The summed E-state index contributed by atoms with van der Waals surface area (Å²) < 4.78 is 13.9. The number of nitrogens with one attached hydrogen (secondary N) is 1. The number of nitrogens with zero attached hydrogens (tertiary/aromatic N) is 1. The molecule has 0 unspecified atom stereocenters. The first-order valence-electron chi connectivity index (χ1n) is 5.70. The fourth-order valence-electron chi connectivity index (χ4n) is 1.88. The Morgan fingerprint density at radius 3 is 2.47 bits per heavy atom. The van der Waals surface area contributed by atoms with Crippen LogP contribution in [0.4, 0.5) is 15.9 Å². The van der Waals surface area contributed by atoms with Crippen molar-refractivity contribution in [2.75, 3.05) is 5.32 Å². The highest BCUT2D eigenvalue weighted by Crippen LogP contribution is 2.22. The maximum absolute atomic E-state index is 13.9. The molecule has 5 heteroatoms. The summed E-state index contributed by atoms with van der Waals surface area (Å²) in [5.74, 6) is -2.28. The van der Waals surface area contributed by atoms with E-state index in [0.717, 1.165) is 17.2 Å². The Morgan fingerprint density at radius 2 is 1.89 bits per heavy atom. The zero-order valence-corrected chi connectivity index (χ0v) is 10.6. The van der Waals surface area contributed by atoms with Gasteiger partial charge in [-0.25, -0.2) is 14.2 Å². The predicted octanol–water partition coefficient (Wildman–Crippen LogP) is 3.28. The van der Waals surface area contributed by atoms with Crippen LogP contribution >= 0.6 is 0 Å². The molecule has 0 saturated heterocycles. The Balaban J connectivity index is 2.38. The van der Waals surface area contributed by atoms with Crippen molar-refractivity contribution in [1.82, 2.24) is 4.98 Å². The fraction of sp³-hybridized carbons (Fsp3) is 0.143. The molecule has 0 aliphatic heterocycles. The van der Waals surface area contributed by atoms with Gasteiger partial charge >= 0.3 is 5.97 Å². The Labute approximate surface area is 109 Å². The number of anilines is 2. The lowest BCUT2D eigenvalue weighted by Gasteiger charge is -2.09. The zero-order valence-electron chi connectivity index (χ0n) is 10.6. The number of carboxylic acids is 1. The van der Waals surface area contributed by atoms with Crippen molar-refractivity contribution in [3.8, 4) is 0 Å². The SMILES string of the molecule is Cc1cc(C)cc(Nc2nccc(C(=O)O)c2F)c1. The summed E-state index contributed by atoms with van der Waals surface area (Å²) in [5, 5.41) is 11.6. The second-order valence-corrected chi connectivity index (χ2v) is 4.33. The molecule has 0 aliphatic carbocycles. The van der Waals surface area contributed by atoms with Crippen molar-refractivity contribution in [3.05, 3.63) is 53.0 Å². The van der Waals surface area contributed by atoms with Crippen molar-refractivity contribution in [2.45, 2.75) is 13.8 Å². The average Bonchev–Trinajstić information content (AvgIpc) is 2.30. The molecule has 0 amide bonds. The molecule has 2 N–H and O–H groups in total. The quantitative estimate of drug-likeness (QED) is 0.889. The van der Waals surface area contributed by atoms with Gasteiger partial charge in [-0.3, -0.25) is 0 Å². The molecule has 1 aromatic carbocycles. The van der Waals surface area contributed by atoms with E-state index in [-0.39, 0.29) is 5.82 Å². The first-order chi connectivity index (χ1) is 8.97. The first kappa shape index (κ1) is 13.0. The molecule has 0 atom stereocenters. The number of aryl methyl sites for hydroxylation is 2. The van der Waals surface area contributed by atoms with Gasteiger partial charge in [0.15, 0.2) is 11.6 Å². The highest BCUT2D eigenvalue weighted by molar-refractivity contribution is 5.89. The van der Waals surface area contributed by atoms with Crippen LogP contribution in [0.1, 0.15) is 21.5 Å². The van der Waals surface area contributed by atoms with Gasteiger partial charge in [0.25, 0.3) is 0 Å². The van der Waals surface area contributed by atoms with E-state index in [2.05, 4.69) is 10.3 Å². The summed E-state index contributed by atoms with van der Waals surface area (Å²) >= 11 is 0. The molecule has 2 rings (SSSR count). The van der Waals surface area contributed by atoms with Crippen LogP contribution in [0.25, 0.3) is 0 Å². The molecular formula is C14H13FN2O2. The van der Waals surface area contributed by atoms with E-state index in [1.807, 2.05) is 32.0 Å². The summed E-state index contributed by atoms with van der Waals surface area (Å²) in [6.07, 6.45) is 1.26. The van der Waals surface area contributed by atoms with Crippen LogP contribution in [0.5, 0.6) is 0 Å². The standard InChI is InChI=1S/C14H13FN2O2/c1-8-5-9(2)7-10(6-8)17-13-12(15)11(14(18)19)3-4-16-13/h3-7H,1-2H3,(H,16,17)(H,18,19). The number of carbonyl (C=O) groups is 1. The van der Waals surface area contributed by atoms with E-state index in [9.17, 15) is 9.18 Å². The van der Waals surface area contributed by atoms with Crippen LogP contribution in [0.2, 0.25) is 0 Å². The summed E-state index contributed by atoms with van der Waals surface area (Å²) in [7, 11) is 0. The molecule has 0 spiro atoms. The average molecular weight is 260 g/mol. The molecule has 1 aromatic heterocycles. The van der Waals surface area contributed by atoms with E-state index in [4.69, 9.17) is 5.11 Å². The van der Waals surface area contributed by atoms with Gasteiger partial charge in [0.2, 0.25) is 0 Å². The lowest BCUT2D eigenvalue weighted by Crippen LogP contribution is -2.05. The topological polar surface area (TPSA) is 62.2 Å². The van der Waals surface area contributed by atoms with E-state index >= 15 is 0 Å². The van der Waals surface area contributed by atoms with Gasteiger partial charge < -0.3 is 10.4 Å². The molecule has 0 saturated carbocycles. The molecule has 2 aromatic rings. The minimum atomic E-state index is -1.32. The maximum atomic E-state index is 13.9. The van der Waals surface area contributed by atoms with Crippen LogP contribution in [-0.2, 0) is 0 Å². The zero-order chi connectivity index (χ0) is 14.0. The molecular weight excluding hydrogens is 247 g/mol. The molecule has 98 valence electrons. The molecule has 0 fully saturated rings. The van der Waals surface area contributed by atoms with E-state index < -0.39 is 17.3 Å². The van der Waals surface area contributed by atoms with Crippen LogP contribution in [0.3, 0.4) is 0 Å². The van der Waals surface area contributed by atoms with Gasteiger partial charge in [0.1, 0.15) is 5.56 Å². The second-order valence-electron chi connectivity index (χ2n) is 4.33. The highest BCUT2D eigenvalue weighted by atomic mass is 19.1. The maximum Gasteiger partial charge on any atom is 0.338 e. The molecule has 19 heavy (non-hydrogen) atoms. The van der Waals surface area contributed by atoms with Crippen LogP contribution in [0.15, 0.2) is 30.5 Å². The van der Waals surface area contributed by atoms with Crippen LogP contribution in [-0.4, -0.2) is 16.1 Å². The second kappa shape index (κ2) is 5.06. The van der Waals surface area contributed by atoms with Gasteiger partial charge in [0, 0.05) is 11.9 Å². The Kier molecular flexibility index (Phi) is 3.46. The van der Waals surface area contributed by atoms with Crippen molar-refractivity contribution >= 4 is 17.5 Å². The molecule has 1 heterocycles. The van der Waals surface area contributed by atoms with E-state index in [1.165, 1.54) is 6.20 Å². The number of hydrogen-bond donors (Lipinski definition) is 2. The lowest BCUT2D eigenvalue weighted by molar-refractivity contribution is 0.0692. The molecule has 0 bridgehead atoms. The monoisotopic (exact) mass is 260 g/mol. The summed E-state index contributed by atoms with van der Waals surface area (Å²) in [5.41, 5.74) is 2.32. The van der Waals surface area contributed by atoms with Gasteiger partial charge in [-0.05, 0) is 43.2 Å². The summed E-state index contributed by atoms with van der Waals surface area (Å²) in [6, 6.07) is 6.79. The van der Waals surface area contributed by atoms with Crippen molar-refractivity contribution in [3.63, 3.8) is 0 Å². The Morgan fingerprint density at radius 1 is 1.26 bits per heavy atom. The van der Waals surface area contributed by atoms with Gasteiger partial charge in [-0.1, -0.05) is 6.07 Å². The third kappa shape index (κ3) is 2.88. The van der Waals surface area contributed by atoms with Crippen LogP contribution in [0, 0.1) is 19.7 Å².